The quantitative estimate of drug-likeness (QED) is 0.652. The highest BCUT2D eigenvalue weighted by atomic mass is 19.1. The van der Waals surface area contributed by atoms with E-state index in [1.165, 1.54) is 18.2 Å². The highest BCUT2D eigenvalue weighted by Crippen LogP contribution is 2.40. The van der Waals surface area contributed by atoms with Crippen molar-refractivity contribution in [3.05, 3.63) is 59.4 Å². The first-order valence-corrected chi connectivity index (χ1v) is 9.79. The fraction of sp³-hybridized carbons (Fsp3) is 0.348. The van der Waals surface area contributed by atoms with E-state index in [1.54, 1.807) is 44.4 Å². The SMILES string of the molecule is COc1ccc(CN2CCN(C(=O)/C=C/c3ccccc3F)CC2)c(OC)c1OC. The van der Waals surface area contributed by atoms with Gasteiger partial charge in [0.05, 0.1) is 21.3 Å². The standard InChI is InChI=1S/C23H27FN2O4/c1-28-20-10-8-18(22(29-2)23(20)30-3)16-25-12-14-26(15-13-25)21(27)11-9-17-6-4-5-7-19(17)24/h4-11H,12-16H2,1-3H3/b11-9+. The van der Waals surface area contributed by atoms with E-state index >= 15 is 0 Å². The number of benzene rings is 2. The molecule has 1 aliphatic rings. The van der Waals surface area contributed by atoms with E-state index in [4.69, 9.17) is 14.2 Å². The first-order valence-electron chi connectivity index (χ1n) is 9.79. The zero-order chi connectivity index (χ0) is 21.5. The van der Waals surface area contributed by atoms with Crippen molar-refractivity contribution in [2.45, 2.75) is 6.54 Å². The fourth-order valence-electron chi connectivity index (χ4n) is 3.53. The fourth-order valence-corrected chi connectivity index (χ4v) is 3.53. The second-order valence-corrected chi connectivity index (χ2v) is 6.95. The first-order chi connectivity index (χ1) is 14.6. The highest BCUT2D eigenvalue weighted by molar-refractivity contribution is 5.91. The van der Waals surface area contributed by atoms with Crippen LogP contribution in [0.25, 0.3) is 6.08 Å². The minimum absolute atomic E-state index is 0.110. The number of hydrogen-bond acceptors (Lipinski definition) is 5. The minimum atomic E-state index is -0.338. The largest absolute Gasteiger partial charge is 0.493 e. The predicted octanol–water partition coefficient (Wildman–Crippen LogP) is 3.21. The lowest BCUT2D eigenvalue weighted by Crippen LogP contribution is -2.47. The van der Waals surface area contributed by atoms with Crippen LogP contribution in [-0.4, -0.2) is 63.2 Å². The lowest BCUT2D eigenvalue weighted by molar-refractivity contribution is -0.127. The molecule has 1 heterocycles. The van der Waals surface area contributed by atoms with Crippen molar-refractivity contribution in [2.24, 2.45) is 0 Å². The van der Waals surface area contributed by atoms with Crippen molar-refractivity contribution in [3.63, 3.8) is 0 Å². The van der Waals surface area contributed by atoms with Crippen LogP contribution in [0.15, 0.2) is 42.5 Å². The van der Waals surface area contributed by atoms with Gasteiger partial charge in [0.25, 0.3) is 0 Å². The van der Waals surface area contributed by atoms with E-state index in [9.17, 15) is 9.18 Å². The molecule has 0 radical (unpaired) electrons. The van der Waals surface area contributed by atoms with Crippen molar-refractivity contribution in [2.75, 3.05) is 47.5 Å². The molecule has 6 nitrogen and oxygen atoms in total. The molecular formula is C23H27FN2O4. The summed E-state index contributed by atoms with van der Waals surface area (Å²) in [6.45, 7) is 3.36. The van der Waals surface area contributed by atoms with Gasteiger partial charge in [-0.25, -0.2) is 4.39 Å². The van der Waals surface area contributed by atoms with Gasteiger partial charge in [0.2, 0.25) is 11.7 Å². The number of carbonyl (C=O) groups is 1. The van der Waals surface area contributed by atoms with Crippen molar-refractivity contribution in [1.82, 2.24) is 9.80 Å². The average Bonchev–Trinajstić information content (AvgIpc) is 2.78. The Morgan fingerprint density at radius 1 is 0.967 bits per heavy atom. The van der Waals surface area contributed by atoms with E-state index in [0.29, 0.717) is 42.4 Å². The van der Waals surface area contributed by atoms with E-state index in [0.717, 1.165) is 18.7 Å². The summed E-state index contributed by atoms with van der Waals surface area (Å²) in [5.74, 6) is 1.40. The zero-order valence-corrected chi connectivity index (χ0v) is 17.6. The summed E-state index contributed by atoms with van der Waals surface area (Å²) in [5.41, 5.74) is 1.40. The van der Waals surface area contributed by atoms with Gasteiger partial charge in [-0.3, -0.25) is 9.69 Å². The van der Waals surface area contributed by atoms with Gasteiger partial charge in [0, 0.05) is 49.9 Å². The van der Waals surface area contributed by atoms with Gasteiger partial charge in [-0.15, -0.1) is 0 Å². The number of hydrogen-bond donors (Lipinski definition) is 0. The molecule has 0 unspecified atom stereocenters. The van der Waals surface area contributed by atoms with Crippen LogP contribution in [0.1, 0.15) is 11.1 Å². The molecular weight excluding hydrogens is 387 g/mol. The van der Waals surface area contributed by atoms with Gasteiger partial charge in [0.15, 0.2) is 11.5 Å². The van der Waals surface area contributed by atoms with Gasteiger partial charge < -0.3 is 19.1 Å². The molecule has 3 rings (SSSR count). The van der Waals surface area contributed by atoms with E-state index in [-0.39, 0.29) is 11.7 Å². The average molecular weight is 414 g/mol. The molecule has 0 atom stereocenters. The molecule has 160 valence electrons. The molecule has 1 aliphatic heterocycles. The second kappa shape index (κ2) is 10.1. The van der Waals surface area contributed by atoms with Crippen LogP contribution < -0.4 is 14.2 Å². The molecule has 0 aliphatic carbocycles. The molecule has 0 bridgehead atoms. The molecule has 2 aromatic carbocycles. The molecule has 2 aromatic rings. The zero-order valence-electron chi connectivity index (χ0n) is 17.6. The van der Waals surface area contributed by atoms with Crippen LogP contribution in [0.4, 0.5) is 4.39 Å². The summed E-state index contributed by atoms with van der Waals surface area (Å²) in [4.78, 5) is 16.5. The van der Waals surface area contributed by atoms with Crippen molar-refractivity contribution >= 4 is 12.0 Å². The third-order valence-corrected chi connectivity index (χ3v) is 5.17. The summed E-state index contributed by atoms with van der Waals surface area (Å²) in [6.07, 6.45) is 2.96. The van der Waals surface area contributed by atoms with E-state index in [1.807, 2.05) is 12.1 Å². The van der Waals surface area contributed by atoms with Crippen LogP contribution in [-0.2, 0) is 11.3 Å². The van der Waals surface area contributed by atoms with Gasteiger partial charge in [-0.05, 0) is 18.2 Å². The van der Waals surface area contributed by atoms with Crippen molar-refractivity contribution in [1.29, 1.82) is 0 Å². The Hall–Kier alpha value is -3.06. The highest BCUT2D eigenvalue weighted by Gasteiger charge is 2.22. The summed E-state index contributed by atoms with van der Waals surface area (Å²) >= 11 is 0. The predicted molar refractivity (Wildman–Crippen MR) is 113 cm³/mol. The molecule has 0 aromatic heterocycles. The summed E-state index contributed by atoms with van der Waals surface area (Å²) < 4.78 is 30.0. The van der Waals surface area contributed by atoms with Crippen LogP contribution in [0.2, 0.25) is 0 Å². The Balaban J connectivity index is 1.60. The van der Waals surface area contributed by atoms with Gasteiger partial charge in [-0.1, -0.05) is 24.3 Å². The summed E-state index contributed by atoms with van der Waals surface area (Å²) in [7, 11) is 4.79. The maximum absolute atomic E-state index is 13.7. The molecule has 1 fully saturated rings. The van der Waals surface area contributed by atoms with Crippen molar-refractivity contribution < 1.29 is 23.4 Å². The molecule has 30 heavy (non-hydrogen) atoms. The Bertz CT molecular complexity index is 908. The van der Waals surface area contributed by atoms with Crippen LogP contribution >= 0.6 is 0 Å². The van der Waals surface area contributed by atoms with E-state index in [2.05, 4.69) is 4.90 Å². The molecule has 7 heteroatoms. The minimum Gasteiger partial charge on any atom is -0.493 e. The number of rotatable bonds is 7. The Morgan fingerprint density at radius 3 is 2.30 bits per heavy atom. The van der Waals surface area contributed by atoms with Gasteiger partial charge >= 0.3 is 0 Å². The van der Waals surface area contributed by atoms with Crippen LogP contribution in [0.5, 0.6) is 17.2 Å². The number of methoxy groups -OCH3 is 3. The molecule has 0 spiro atoms. The van der Waals surface area contributed by atoms with Crippen LogP contribution in [0.3, 0.4) is 0 Å². The molecule has 0 saturated carbocycles. The number of amides is 1. The topological polar surface area (TPSA) is 51.2 Å². The van der Waals surface area contributed by atoms with Gasteiger partial charge in [0.1, 0.15) is 5.82 Å². The number of halogens is 1. The number of ether oxygens (including phenoxy) is 3. The Labute approximate surface area is 176 Å². The monoisotopic (exact) mass is 414 g/mol. The lowest BCUT2D eigenvalue weighted by atomic mass is 10.1. The summed E-state index contributed by atoms with van der Waals surface area (Å²) in [5, 5.41) is 0. The maximum atomic E-state index is 13.7. The lowest BCUT2D eigenvalue weighted by Gasteiger charge is -2.34. The molecule has 1 amide bonds. The van der Waals surface area contributed by atoms with Crippen molar-refractivity contribution in [3.8, 4) is 17.2 Å². The molecule has 1 saturated heterocycles. The second-order valence-electron chi connectivity index (χ2n) is 6.95. The van der Waals surface area contributed by atoms with E-state index < -0.39 is 0 Å². The Kier molecular flexibility index (Phi) is 7.30. The summed E-state index contributed by atoms with van der Waals surface area (Å²) in [6, 6.07) is 10.2. The third-order valence-electron chi connectivity index (χ3n) is 5.17. The first kappa shape index (κ1) is 21.6. The number of carbonyl (C=O) groups excluding carboxylic acids is 1. The Morgan fingerprint density at radius 2 is 1.67 bits per heavy atom. The van der Waals surface area contributed by atoms with Crippen LogP contribution in [0, 0.1) is 5.82 Å². The number of piperazine rings is 1. The van der Waals surface area contributed by atoms with Gasteiger partial charge in [-0.2, -0.15) is 0 Å². The third kappa shape index (κ3) is 4.91. The maximum Gasteiger partial charge on any atom is 0.246 e. The smallest absolute Gasteiger partial charge is 0.246 e. The molecule has 0 N–H and O–H groups in total. The number of nitrogens with zero attached hydrogens (tertiary/aromatic N) is 2. The normalized spacial score (nSPS) is 14.7.